The van der Waals surface area contributed by atoms with Gasteiger partial charge in [-0.05, 0) is 24.6 Å². The average Bonchev–Trinajstić information content (AvgIpc) is 2.94. The molecule has 4 nitrogen and oxygen atoms in total. The Labute approximate surface area is 119 Å². The molecule has 1 fully saturated rings. The molecule has 1 heterocycles. The van der Waals surface area contributed by atoms with Gasteiger partial charge in [0.1, 0.15) is 0 Å². The Balaban J connectivity index is 2.03. The quantitative estimate of drug-likeness (QED) is 0.832. The van der Waals surface area contributed by atoms with Gasteiger partial charge in [-0.25, -0.2) is 4.39 Å². The summed E-state index contributed by atoms with van der Waals surface area (Å²) in [5.41, 5.74) is 0.647. The standard InChI is InChI=1S/C15H22FNO3/c1-3-17-12(10-14-19-7-8-20-14)9-11-5-4-6-13(18-2)15(11)16/h4-6,12,14,17H,3,7-10H2,1-2H3. The number of hydrogen-bond acceptors (Lipinski definition) is 4. The maximum absolute atomic E-state index is 14.2. The van der Waals surface area contributed by atoms with E-state index in [-0.39, 0.29) is 23.9 Å². The molecule has 0 amide bonds. The largest absolute Gasteiger partial charge is 0.494 e. The van der Waals surface area contributed by atoms with Gasteiger partial charge in [0.25, 0.3) is 0 Å². The van der Waals surface area contributed by atoms with Crippen LogP contribution in [0, 0.1) is 5.82 Å². The van der Waals surface area contributed by atoms with Crippen LogP contribution in [0.1, 0.15) is 18.9 Å². The third kappa shape index (κ3) is 3.91. The maximum atomic E-state index is 14.2. The third-order valence-corrected chi connectivity index (χ3v) is 3.39. The topological polar surface area (TPSA) is 39.7 Å². The molecule has 1 N–H and O–H groups in total. The molecule has 1 aliphatic rings. The summed E-state index contributed by atoms with van der Waals surface area (Å²) in [5, 5.41) is 3.36. The van der Waals surface area contributed by atoms with Gasteiger partial charge < -0.3 is 19.5 Å². The summed E-state index contributed by atoms with van der Waals surface area (Å²) < 4.78 is 30.1. The number of hydrogen-bond donors (Lipinski definition) is 1. The second kappa shape index (κ2) is 7.57. The molecular formula is C15H22FNO3. The van der Waals surface area contributed by atoms with Crippen LogP contribution in [0.25, 0.3) is 0 Å². The van der Waals surface area contributed by atoms with Gasteiger partial charge in [-0.15, -0.1) is 0 Å². The Bertz CT molecular complexity index is 422. The Morgan fingerprint density at radius 3 is 2.80 bits per heavy atom. The molecule has 0 aliphatic carbocycles. The average molecular weight is 283 g/mol. The number of benzene rings is 1. The molecule has 0 spiro atoms. The van der Waals surface area contributed by atoms with Gasteiger partial charge >= 0.3 is 0 Å². The minimum Gasteiger partial charge on any atom is -0.494 e. The molecule has 0 radical (unpaired) electrons. The fraction of sp³-hybridized carbons (Fsp3) is 0.600. The molecule has 1 unspecified atom stereocenters. The zero-order valence-corrected chi connectivity index (χ0v) is 12.0. The zero-order chi connectivity index (χ0) is 14.4. The predicted molar refractivity (Wildman–Crippen MR) is 74.4 cm³/mol. The Morgan fingerprint density at radius 2 is 2.15 bits per heavy atom. The maximum Gasteiger partial charge on any atom is 0.168 e. The number of methoxy groups -OCH3 is 1. The van der Waals surface area contributed by atoms with Crippen LogP contribution in [-0.2, 0) is 15.9 Å². The predicted octanol–water partition coefficient (Wildman–Crippen LogP) is 2.12. The van der Waals surface area contributed by atoms with Crippen LogP contribution in [0.2, 0.25) is 0 Å². The first-order chi connectivity index (χ1) is 9.74. The highest BCUT2D eigenvalue weighted by molar-refractivity contribution is 5.31. The summed E-state index contributed by atoms with van der Waals surface area (Å²) in [6, 6.07) is 5.34. The van der Waals surface area contributed by atoms with Crippen molar-refractivity contribution in [1.82, 2.24) is 5.32 Å². The highest BCUT2D eigenvalue weighted by Gasteiger charge is 2.22. The van der Waals surface area contributed by atoms with Crippen LogP contribution in [0.4, 0.5) is 4.39 Å². The van der Waals surface area contributed by atoms with Gasteiger partial charge in [0.2, 0.25) is 0 Å². The second-order valence-electron chi connectivity index (χ2n) is 4.80. The van der Waals surface area contributed by atoms with Gasteiger partial charge in [-0.2, -0.15) is 0 Å². The summed E-state index contributed by atoms with van der Waals surface area (Å²) in [7, 11) is 1.48. The summed E-state index contributed by atoms with van der Waals surface area (Å²) in [5.74, 6) is -0.00252. The molecule has 112 valence electrons. The number of halogens is 1. The van der Waals surface area contributed by atoms with Gasteiger partial charge in [0, 0.05) is 12.5 Å². The van der Waals surface area contributed by atoms with Crippen molar-refractivity contribution in [2.75, 3.05) is 26.9 Å². The van der Waals surface area contributed by atoms with Gasteiger partial charge in [-0.1, -0.05) is 19.1 Å². The summed E-state index contributed by atoms with van der Waals surface area (Å²) in [4.78, 5) is 0. The normalized spacial score (nSPS) is 17.4. The van der Waals surface area contributed by atoms with E-state index in [0.29, 0.717) is 31.6 Å². The van der Waals surface area contributed by atoms with Crippen molar-refractivity contribution in [2.24, 2.45) is 0 Å². The lowest BCUT2D eigenvalue weighted by molar-refractivity contribution is -0.0526. The molecule has 1 atom stereocenters. The lowest BCUT2D eigenvalue weighted by Gasteiger charge is -2.21. The van der Waals surface area contributed by atoms with Crippen molar-refractivity contribution in [3.8, 4) is 5.75 Å². The summed E-state index contributed by atoms with van der Waals surface area (Å²) in [6.45, 7) is 4.13. The van der Waals surface area contributed by atoms with Gasteiger partial charge in [0.15, 0.2) is 17.9 Å². The Kier molecular flexibility index (Phi) is 5.76. The van der Waals surface area contributed by atoms with E-state index in [0.717, 1.165) is 6.54 Å². The van der Waals surface area contributed by atoms with E-state index >= 15 is 0 Å². The highest BCUT2D eigenvalue weighted by Crippen LogP contribution is 2.22. The van der Waals surface area contributed by atoms with E-state index in [2.05, 4.69) is 5.32 Å². The number of ether oxygens (including phenoxy) is 3. The van der Waals surface area contributed by atoms with Crippen molar-refractivity contribution in [3.63, 3.8) is 0 Å². The second-order valence-corrected chi connectivity index (χ2v) is 4.80. The van der Waals surface area contributed by atoms with Gasteiger partial charge in [0.05, 0.1) is 20.3 Å². The van der Waals surface area contributed by atoms with Crippen LogP contribution in [-0.4, -0.2) is 39.2 Å². The number of likely N-dealkylation sites (N-methyl/N-ethyl adjacent to an activating group) is 1. The number of rotatable bonds is 7. The first-order valence-electron chi connectivity index (χ1n) is 7.02. The van der Waals surface area contributed by atoms with Crippen LogP contribution in [0.3, 0.4) is 0 Å². The fourth-order valence-electron chi connectivity index (χ4n) is 2.44. The third-order valence-electron chi connectivity index (χ3n) is 3.39. The van der Waals surface area contributed by atoms with E-state index < -0.39 is 0 Å². The van der Waals surface area contributed by atoms with Crippen molar-refractivity contribution in [1.29, 1.82) is 0 Å². The first-order valence-corrected chi connectivity index (χ1v) is 7.02. The molecule has 1 aromatic carbocycles. The molecule has 1 aromatic rings. The van der Waals surface area contributed by atoms with E-state index in [1.807, 2.05) is 13.0 Å². The molecular weight excluding hydrogens is 261 g/mol. The number of nitrogens with one attached hydrogen (secondary N) is 1. The molecule has 0 aromatic heterocycles. The van der Waals surface area contributed by atoms with E-state index in [1.54, 1.807) is 12.1 Å². The Hall–Kier alpha value is -1.17. The van der Waals surface area contributed by atoms with Crippen LogP contribution in [0.5, 0.6) is 5.75 Å². The smallest absolute Gasteiger partial charge is 0.168 e. The summed E-state index contributed by atoms with van der Waals surface area (Å²) in [6.07, 6.45) is 1.11. The van der Waals surface area contributed by atoms with Crippen LogP contribution >= 0.6 is 0 Å². The molecule has 0 saturated carbocycles. The van der Waals surface area contributed by atoms with E-state index in [9.17, 15) is 4.39 Å². The molecule has 20 heavy (non-hydrogen) atoms. The van der Waals surface area contributed by atoms with Crippen molar-refractivity contribution < 1.29 is 18.6 Å². The fourth-order valence-corrected chi connectivity index (χ4v) is 2.44. The molecule has 1 aliphatic heterocycles. The minimum absolute atomic E-state index is 0.115. The molecule has 0 bridgehead atoms. The minimum atomic E-state index is -0.286. The lowest BCUT2D eigenvalue weighted by Crippen LogP contribution is -2.35. The van der Waals surface area contributed by atoms with Gasteiger partial charge in [-0.3, -0.25) is 0 Å². The van der Waals surface area contributed by atoms with Crippen LogP contribution < -0.4 is 10.1 Å². The van der Waals surface area contributed by atoms with E-state index in [1.165, 1.54) is 7.11 Å². The molecule has 2 rings (SSSR count). The van der Waals surface area contributed by atoms with Crippen LogP contribution in [0.15, 0.2) is 18.2 Å². The summed E-state index contributed by atoms with van der Waals surface area (Å²) >= 11 is 0. The SMILES string of the molecule is CCNC(Cc1cccc(OC)c1F)CC1OCCO1. The highest BCUT2D eigenvalue weighted by atomic mass is 19.1. The monoisotopic (exact) mass is 283 g/mol. The lowest BCUT2D eigenvalue weighted by atomic mass is 10.0. The van der Waals surface area contributed by atoms with Crippen molar-refractivity contribution in [2.45, 2.75) is 32.1 Å². The van der Waals surface area contributed by atoms with Crippen molar-refractivity contribution in [3.05, 3.63) is 29.6 Å². The molecule has 1 saturated heterocycles. The Morgan fingerprint density at radius 1 is 1.40 bits per heavy atom. The molecule has 5 heteroatoms. The van der Waals surface area contributed by atoms with E-state index in [4.69, 9.17) is 14.2 Å². The zero-order valence-electron chi connectivity index (χ0n) is 12.0. The van der Waals surface area contributed by atoms with Crippen molar-refractivity contribution >= 4 is 0 Å². The first kappa shape index (κ1) is 15.2.